The summed E-state index contributed by atoms with van der Waals surface area (Å²) in [5.41, 5.74) is -1.26. The lowest BCUT2D eigenvalue weighted by atomic mass is 10.1. The first-order chi connectivity index (χ1) is 11.4. The van der Waals surface area contributed by atoms with Crippen LogP contribution in [0.1, 0.15) is 0 Å². The van der Waals surface area contributed by atoms with Gasteiger partial charge in [0, 0.05) is 29.8 Å². The van der Waals surface area contributed by atoms with E-state index in [0.29, 0.717) is 0 Å². The summed E-state index contributed by atoms with van der Waals surface area (Å²) in [6, 6.07) is 8.60. The number of hydrogen-bond donors (Lipinski definition) is 1. The van der Waals surface area contributed by atoms with Crippen LogP contribution in [-0.4, -0.2) is 15.0 Å². The van der Waals surface area contributed by atoms with E-state index in [2.05, 4.69) is 0 Å². The lowest BCUT2D eigenvalue weighted by Crippen LogP contribution is -2.03. The molecule has 0 fully saturated rings. The lowest BCUT2D eigenvalue weighted by Gasteiger charge is -2.06. The molecule has 9 nitrogen and oxygen atoms in total. The molecule has 3 aromatic rings. The molecule has 24 heavy (non-hydrogen) atoms. The Morgan fingerprint density at radius 3 is 2.29 bits per heavy atom. The predicted molar refractivity (Wildman–Crippen MR) is 82.9 cm³/mol. The fourth-order valence-electron chi connectivity index (χ4n) is 2.24. The number of aromatic hydroxyl groups is 1. The van der Waals surface area contributed by atoms with Crippen LogP contribution in [-0.2, 0) is 0 Å². The lowest BCUT2D eigenvalue weighted by molar-refractivity contribution is -0.384. The minimum atomic E-state index is -0.860. The summed E-state index contributed by atoms with van der Waals surface area (Å²) < 4.78 is 5.43. The molecule has 0 saturated heterocycles. The molecule has 120 valence electrons. The van der Waals surface area contributed by atoms with Crippen molar-refractivity contribution >= 4 is 22.3 Å². The average Bonchev–Trinajstić information content (AvgIpc) is 2.57. The standard InChI is InChI=1S/C15H8N2O7/c18-13-11-7-10(17(22)23)4-5-12(11)24-15(14(13)19)8-2-1-3-9(6-8)16(20)21/h1-7,19H. The Kier molecular flexibility index (Phi) is 3.45. The highest BCUT2D eigenvalue weighted by Gasteiger charge is 2.19. The molecule has 0 radical (unpaired) electrons. The van der Waals surface area contributed by atoms with Crippen molar-refractivity contribution in [2.45, 2.75) is 0 Å². The van der Waals surface area contributed by atoms with E-state index in [9.17, 15) is 30.1 Å². The van der Waals surface area contributed by atoms with Crippen LogP contribution in [0.4, 0.5) is 11.4 Å². The number of benzene rings is 2. The van der Waals surface area contributed by atoms with E-state index in [0.717, 1.165) is 18.2 Å². The maximum Gasteiger partial charge on any atom is 0.270 e. The molecule has 0 bridgehead atoms. The molecule has 9 heteroatoms. The van der Waals surface area contributed by atoms with Crippen molar-refractivity contribution in [1.29, 1.82) is 0 Å². The zero-order valence-corrected chi connectivity index (χ0v) is 11.8. The van der Waals surface area contributed by atoms with Gasteiger partial charge < -0.3 is 9.52 Å². The van der Waals surface area contributed by atoms with Gasteiger partial charge in [-0.15, -0.1) is 0 Å². The predicted octanol–water partition coefficient (Wildman–Crippen LogP) is 2.98. The Labute approximate surface area is 132 Å². The molecule has 0 aliphatic heterocycles. The number of non-ortho nitro benzene ring substituents is 2. The van der Waals surface area contributed by atoms with Gasteiger partial charge in [0.2, 0.25) is 11.2 Å². The minimum absolute atomic E-state index is 0.0184. The Balaban J connectivity index is 2.27. The highest BCUT2D eigenvalue weighted by molar-refractivity contribution is 5.83. The molecule has 0 aliphatic rings. The molecule has 1 aromatic heterocycles. The maximum atomic E-state index is 12.2. The van der Waals surface area contributed by atoms with Crippen LogP contribution < -0.4 is 5.43 Å². The fraction of sp³-hybridized carbons (Fsp3) is 0. The summed E-state index contributed by atoms with van der Waals surface area (Å²) in [5, 5.41) is 31.5. The van der Waals surface area contributed by atoms with Gasteiger partial charge in [0.15, 0.2) is 5.76 Å². The summed E-state index contributed by atoms with van der Waals surface area (Å²) in [6.45, 7) is 0. The van der Waals surface area contributed by atoms with Crippen molar-refractivity contribution in [2.75, 3.05) is 0 Å². The van der Waals surface area contributed by atoms with Gasteiger partial charge in [-0.1, -0.05) is 12.1 Å². The first-order valence-electron chi connectivity index (χ1n) is 6.57. The van der Waals surface area contributed by atoms with Gasteiger partial charge in [0.25, 0.3) is 11.4 Å². The third kappa shape index (κ3) is 2.43. The van der Waals surface area contributed by atoms with Gasteiger partial charge in [-0.2, -0.15) is 0 Å². The van der Waals surface area contributed by atoms with Crippen LogP contribution in [0.25, 0.3) is 22.3 Å². The fourth-order valence-corrected chi connectivity index (χ4v) is 2.24. The van der Waals surface area contributed by atoms with Crippen LogP contribution in [0.2, 0.25) is 0 Å². The molecule has 0 saturated carbocycles. The third-order valence-corrected chi connectivity index (χ3v) is 3.38. The highest BCUT2D eigenvalue weighted by atomic mass is 16.6. The van der Waals surface area contributed by atoms with Gasteiger partial charge in [0.1, 0.15) is 5.58 Å². The average molecular weight is 328 g/mol. The van der Waals surface area contributed by atoms with Gasteiger partial charge in [-0.05, 0) is 6.07 Å². The van der Waals surface area contributed by atoms with Crippen molar-refractivity contribution in [3.63, 3.8) is 0 Å². The van der Waals surface area contributed by atoms with E-state index in [4.69, 9.17) is 4.42 Å². The summed E-state index contributed by atoms with van der Waals surface area (Å²) in [7, 11) is 0. The second-order valence-corrected chi connectivity index (χ2v) is 4.85. The molecule has 2 aromatic carbocycles. The second-order valence-electron chi connectivity index (χ2n) is 4.85. The molecule has 1 N–H and O–H groups in total. The number of rotatable bonds is 3. The van der Waals surface area contributed by atoms with E-state index in [1.807, 2.05) is 0 Å². The molecule has 1 heterocycles. The summed E-state index contributed by atoms with van der Waals surface area (Å²) in [5.74, 6) is -1.02. The zero-order valence-electron chi connectivity index (χ0n) is 11.8. The second kappa shape index (κ2) is 5.47. The van der Waals surface area contributed by atoms with Crippen molar-refractivity contribution in [3.8, 4) is 17.1 Å². The van der Waals surface area contributed by atoms with Gasteiger partial charge in [-0.3, -0.25) is 25.0 Å². The minimum Gasteiger partial charge on any atom is -0.502 e. The van der Waals surface area contributed by atoms with Crippen LogP contribution in [0.3, 0.4) is 0 Å². The largest absolute Gasteiger partial charge is 0.502 e. The normalized spacial score (nSPS) is 10.7. The van der Waals surface area contributed by atoms with E-state index in [1.165, 1.54) is 24.3 Å². The van der Waals surface area contributed by atoms with Gasteiger partial charge in [-0.25, -0.2) is 0 Å². The van der Waals surface area contributed by atoms with E-state index < -0.39 is 21.0 Å². The SMILES string of the molecule is O=c1c(O)c(-c2cccc([N+](=O)[O-])c2)oc2ccc([N+](=O)[O-])cc12. The Morgan fingerprint density at radius 1 is 0.958 bits per heavy atom. The topological polar surface area (TPSA) is 137 Å². The molecule has 0 spiro atoms. The zero-order chi connectivity index (χ0) is 17.4. The van der Waals surface area contributed by atoms with E-state index in [1.54, 1.807) is 0 Å². The summed E-state index contributed by atoms with van der Waals surface area (Å²) in [4.78, 5) is 32.6. The Hall–Kier alpha value is -3.75. The molecule has 0 atom stereocenters. The van der Waals surface area contributed by atoms with Crippen molar-refractivity contribution in [1.82, 2.24) is 0 Å². The first-order valence-corrected chi connectivity index (χ1v) is 6.57. The highest BCUT2D eigenvalue weighted by Crippen LogP contribution is 2.32. The van der Waals surface area contributed by atoms with Crippen LogP contribution >= 0.6 is 0 Å². The molecule has 0 unspecified atom stereocenters. The smallest absolute Gasteiger partial charge is 0.270 e. The molecular formula is C15H8N2O7. The van der Waals surface area contributed by atoms with Crippen molar-refractivity contribution < 1.29 is 19.4 Å². The van der Waals surface area contributed by atoms with E-state index in [-0.39, 0.29) is 33.7 Å². The maximum absolute atomic E-state index is 12.2. The number of nitrogens with zero attached hydrogens (tertiary/aromatic N) is 2. The number of nitro groups is 2. The van der Waals surface area contributed by atoms with Crippen LogP contribution in [0.15, 0.2) is 51.7 Å². The summed E-state index contributed by atoms with van der Waals surface area (Å²) in [6.07, 6.45) is 0. The van der Waals surface area contributed by atoms with E-state index >= 15 is 0 Å². The van der Waals surface area contributed by atoms with Crippen LogP contribution in [0, 0.1) is 20.2 Å². The molecule has 0 aliphatic carbocycles. The number of fused-ring (bicyclic) bond motifs is 1. The first kappa shape index (κ1) is 15.2. The molecule has 0 amide bonds. The van der Waals surface area contributed by atoms with Gasteiger partial charge in [0.05, 0.1) is 15.2 Å². The third-order valence-electron chi connectivity index (χ3n) is 3.38. The van der Waals surface area contributed by atoms with Gasteiger partial charge >= 0.3 is 0 Å². The van der Waals surface area contributed by atoms with Crippen molar-refractivity contribution in [3.05, 3.63) is 72.9 Å². The summed E-state index contributed by atoms with van der Waals surface area (Å²) >= 11 is 0. The number of hydrogen-bond acceptors (Lipinski definition) is 7. The quantitative estimate of drug-likeness (QED) is 0.576. The Bertz CT molecular complexity index is 1060. The molecule has 3 rings (SSSR count). The monoisotopic (exact) mass is 328 g/mol. The van der Waals surface area contributed by atoms with Crippen LogP contribution in [0.5, 0.6) is 5.75 Å². The number of nitro benzene ring substituents is 2. The van der Waals surface area contributed by atoms with Crippen molar-refractivity contribution in [2.24, 2.45) is 0 Å². The Morgan fingerprint density at radius 2 is 1.62 bits per heavy atom. The molecular weight excluding hydrogens is 320 g/mol.